The molecule has 178 valence electrons. The van der Waals surface area contributed by atoms with E-state index in [0.717, 1.165) is 50.0 Å². The number of nitrogens with one attached hydrogen (secondary N) is 1. The fourth-order valence-corrected chi connectivity index (χ4v) is 6.77. The van der Waals surface area contributed by atoms with Crippen LogP contribution in [-0.4, -0.2) is 54.7 Å². The monoisotopic (exact) mass is 454 g/mol. The minimum Gasteiger partial charge on any atom is -0.465 e. The van der Waals surface area contributed by atoms with Crippen LogP contribution in [-0.2, 0) is 35.9 Å². The van der Waals surface area contributed by atoms with Gasteiger partial charge in [-0.2, -0.15) is 0 Å². The Bertz CT molecular complexity index is 1060. The summed E-state index contributed by atoms with van der Waals surface area (Å²) < 4.78 is 17.7. The Kier molecular flexibility index (Phi) is 5.52. The first-order valence-electron chi connectivity index (χ1n) is 12.3. The third-order valence-electron chi connectivity index (χ3n) is 8.21. The molecule has 0 aliphatic carbocycles. The summed E-state index contributed by atoms with van der Waals surface area (Å²) in [6, 6.07) is 8.39. The van der Waals surface area contributed by atoms with Gasteiger partial charge in [0.15, 0.2) is 11.1 Å². The summed E-state index contributed by atoms with van der Waals surface area (Å²) in [5, 5.41) is 1.23. The fraction of sp³-hybridized carbons (Fsp3) is 0.615. The third kappa shape index (κ3) is 2.94. The number of aromatic amines is 1. The first kappa shape index (κ1) is 22.4. The van der Waals surface area contributed by atoms with Crippen molar-refractivity contribution in [1.29, 1.82) is 0 Å². The second-order valence-corrected chi connectivity index (χ2v) is 9.63. The second kappa shape index (κ2) is 8.13. The lowest BCUT2D eigenvalue weighted by Crippen LogP contribution is -2.70. The maximum absolute atomic E-state index is 13.3. The minimum absolute atomic E-state index is 0.0439. The van der Waals surface area contributed by atoms with Crippen molar-refractivity contribution in [2.75, 3.05) is 32.9 Å². The summed E-state index contributed by atoms with van der Waals surface area (Å²) in [6.45, 7) is 7.88. The molecule has 3 aliphatic rings. The van der Waals surface area contributed by atoms with Crippen LogP contribution in [0.3, 0.4) is 0 Å². The van der Waals surface area contributed by atoms with Gasteiger partial charge in [0.05, 0.1) is 25.5 Å². The Morgan fingerprint density at radius 1 is 1.09 bits per heavy atom. The molecule has 3 aliphatic heterocycles. The largest absolute Gasteiger partial charge is 0.465 e. The van der Waals surface area contributed by atoms with Crippen LogP contribution in [0.1, 0.15) is 57.7 Å². The number of hydrogen-bond acceptors (Lipinski definition) is 6. The number of fused-ring (bicyclic) bond motifs is 3. The van der Waals surface area contributed by atoms with E-state index in [1.54, 1.807) is 13.8 Å². The highest BCUT2D eigenvalue weighted by Crippen LogP contribution is 2.63. The molecule has 1 N–H and O–H groups in total. The second-order valence-electron chi connectivity index (χ2n) is 9.63. The average Bonchev–Trinajstić information content (AvgIpc) is 3.22. The molecule has 2 atom stereocenters. The van der Waals surface area contributed by atoms with Gasteiger partial charge in [-0.3, -0.25) is 14.5 Å². The zero-order valence-corrected chi connectivity index (χ0v) is 19.9. The summed E-state index contributed by atoms with van der Waals surface area (Å²) in [5.41, 5.74) is 0.915. The number of hydrogen-bond donors (Lipinski definition) is 1. The van der Waals surface area contributed by atoms with Crippen LogP contribution in [0.5, 0.6) is 0 Å². The molecule has 0 unspecified atom stereocenters. The maximum atomic E-state index is 13.3. The highest BCUT2D eigenvalue weighted by Gasteiger charge is 2.69. The predicted molar refractivity (Wildman–Crippen MR) is 123 cm³/mol. The average molecular weight is 455 g/mol. The van der Waals surface area contributed by atoms with Crippen LogP contribution in [0.25, 0.3) is 10.9 Å². The maximum Gasteiger partial charge on any atom is 0.325 e. The number of rotatable bonds is 5. The fourth-order valence-electron chi connectivity index (χ4n) is 6.77. The van der Waals surface area contributed by atoms with Gasteiger partial charge in [-0.1, -0.05) is 25.1 Å². The number of carbonyl (C=O) groups is 2. The van der Waals surface area contributed by atoms with Gasteiger partial charge in [0, 0.05) is 29.4 Å². The number of esters is 2. The minimum atomic E-state index is -1.44. The molecule has 2 saturated heterocycles. The molecule has 2 aromatic rings. The van der Waals surface area contributed by atoms with Crippen molar-refractivity contribution in [1.82, 2.24) is 9.88 Å². The van der Waals surface area contributed by atoms with Crippen LogP contribution >= 0.6 is 0 Å². The van der Waals surface area contributed by atoms with Crippen LogP contribution in [0.4, 0.5) is 0 Å². The molecule has 0 radical (unpaired) electrons. The van der Waals surface area contributed by atoms with Gasteiger partial charge < -0.3 is 19.2 Å². The first-order chi connectivity index (χ1) is 16.0. The van der Waals surface area contributed by atoms with Crippen LogP contribution in [0, 0.1) is 10.8 Å². The zero-order chi connectivity index (χ0) is 23.3. The van der Waals surface area contributed by atoms with E-state index in [4.69, 9.17) is 14.2 Å². The molecule has 0 saturated carbocycles. The number of H-pyrrole nitrogens is 1. The molecule has 7 heteroatoms. The molecule has 33 heavy (non-hydrogen) atoms. The van der Waals surface area contributed by atoms with Crippen molar-refractivity contribution >= 4 is 22.8 Å². The molecule has 0 amide bonds. The number of piperidine rings is 1. The van der Waals surface area contributed by atoms with Crippen molar-refractivity contribution in [3.8, 4) is 0 Å². The molecular weight excluding hydrogens is 420 g/mol. The van der Waals surface area contributed by atoms with Gasteiger partial charge >= 0.3 is 11.9 Å². The van der Waals surface area contributed by atoms with E-state index < -0.39 is 28.5 Å². The molecule has 2 fully saturated rings. The Morgan fingerprint density at radius 3 is 2.52 bits per heavy atom. The summed E-state index contributed by atoms with van der Waals surface area (Å²) >= 11 is 0. The standard InChI is InChI=1S/C26H34N2O5/c1-4-24-13-9-14-28-15-12-19-18-10-7-8-11-20(18)27-21(19)26(24,28)33-17-25(16-24,22(29)31-5-2)23(30)32-6-3/h7-8,10-11,27H,4-6,9,12-17H2,1-3H3/t24-,26-/m0/s1. The number of aromatic nitrogens is 1. The van der Waals surface area contributed by atoms with E-state index >= 15 is 0 Å². The van der Waals surface area contributed by atoms with Crippen LogP contribution in [0.2, 0.25) is 0 Å². The molecule has 1 aromatic carbocycles. The van der Waals surface area contributed by atoms with E-state index in [-0.39, 0.29) is 19.8 Å². The van der Waals surface area contributed by atoms with Gasteiger partial charge in [0.25, 0.3) is 0 Å². The molecule has 7 nitrogen and oxygen atoms in total. The van der Waals surface area contributed by atoms with Crippen molar-refractivity contribution in [2.45, 2.75) is 58.6 Å². The van der Waals surface area contributed by atoms with E-state index in [9.17, 15) is 9.59 Å². The zero-order valence-electron chi connectivity index (χ0n) is 19.9. The summed E-state index contributed by atoms with van der Waals surface area (Å²) in [4.78, 5) is 32.7. The Hall–Kier alpha value is -2.38. The van der Waals surface area contributed by atoms with Crippen molar-refractivity contribution in [3.05, 3.63) is 35.5 Å². The van der Waals surface area contributed by atoms with Crippen LogP contribution in [0.15, 0.2) is 24.3 Å². The topological polar surface area (TPSA) is 80.9 Å². The Labute approximate surface area is 194 Å². The number of carbonyl (C=O) groups excluding carboxylic acids is 2. The van der Waals surface area contributed by atoms with Crippen molar-refractivity contribution in [3.63, 3.8) is 0 Å². The Morgan fingerprint density at radius 2 is 1.82 bits per heavy atom. The highest BCUT2D eigenvalue weighted by molar-refractivity contribution is 6.00. The van der Waals surface area contributed by atoms with Crippen LogP contribution < -0.4 is 0 Å². The summed E-state index contributed by atoms with van der Waals surface area (Å²) in [7, 11) is 0. The highest BCUT2D eigenvalue weighted by atomic mass is 16.6. The quantitative estimate of drug-likeness (QED) is 0.545. The van der Waals surface area contributed by atoms with Gasteiger partial charge in [-0.05, 0) is 57.6 Å². The molecular formula is C26H34N2O5. The van der Waals surface area contributed by atoms with E-state index in [0.29, 0.717) is 6.42 Å². The molecule has 1 spiro atoms. The third-order valence-corrected chi connectivity index (χ3v) is 8.21. The number of para-hydroxylation sites is 1. The normalized spacial score (nSPS) is 28.5. The lowest BCUT2D eigenvalue weighted by molar-refractivity contribution is -0.314. The number of benzene rings is 1. The predicted octanol–water partition coefficient (Wildman–Crippen LogP) is 3.90. The van der Waals surface area contributed by atoms with Crippen molar-refractivity contribution < 1.29 is 23.8 Å². The lowest BCUT2D eigenvalue weighted by Gasteiger charge is -2.64. The van der Waals surface area contributed by atoms with E-state index in [2.05, 4.69) is 35.0 Å². The number of nitrogens with zero attached hydrogens (tertiary/aromatic N) is 1. The summed E-state index contributed by atoms with van der Waals surface area (Å²) in [5.74, 6) is -1.06. The van der Waals surface area contributed by atoms with Crippen molar-refractivity contribution in [2.24, 2.45) is 10.8 Å². The summed E-state index contributed by atoms with van der Waals surface area (Å²) in [6.07, 6.45) is 3.95. The molecule has 0 bridgehead atoms. The van der Waals surface area contributed by atoms with E-state index in [1.165, 1.54) is 10.9 Å². The SMILES string of the molecule is CCOC(=O)C1(C(=O)OCC)CO[C@]23c4[nH]c5ccccc5c4CCN2CCC[C@@]3(CC)C1. The molecule has 5 rings (SSSR count). The van der Waals surface area contributed by atoms with Gasteiger partial charge in [0.1, 0.15) is 0 Å². The Balaban J connectivity index is 1.69. The first-order valence-corrected chi connectivity index (χ1v) is 12.3. The van der Waals surface area contributed by atoms with Gasteiger partial charge in [0.2, 0.25) is 0 Å². The van der Waals surface area contributed by atoms with E-state index in [1.807, 2.05) is 6.07 Å². The molecule has 4 heterocycles. The smallest absolute Gasteiger partial charge is 0.325 e. The lowest BCUT2D eigenvalue weighted by atomic mass is 9.56. The molecule has 1 aromatic heterocycles. The van der Waals surface area contributed by atoms with Gasteiger partial charge in [-0.15, -0.1) is 0 Å². The number of ether oxygens (including phenoxy) is 3. The van der Waals surface area contributed by atoms with Gasteiger partial charge in [-0.25, -0.2) is 0 Å².